The minimum absolute atomic E-state index is 0.0351. The first-order chi connectivity index (χ1) is 29.6. The summed E-state index contributed by atoms with van der Waals surface area (Å²) in [7, 11) is 1.71. The molecule has 0 spiro atoms. The van der Waals surface area contributed by atoms with Crippen molar-refractivity contribution < 1.29 is 27.6 Å². The van der Waals surface area contributed by atoms with Crippen molar-refractivity contribution >= 4 is 34.4 Å². The van der Waals surface area contributed by atoms with Gasteiger partial charge in [-0.1, -0.05) is 63.1 Å². The normalized spacial score (nSPS) is 15.5. The van der Waals surface area contributed by atoms with Crippen LogP contribution < -0.4 is 16.3 Å². The molecule has 1 saturated carbocycles. The molecule has 6 aromatic rings. The molecule has 8 rings (SSSR count). The van der Waals surface area contributed by atoms with Crippen molar-refractivity contribution in [3.05, 3.63) is 112 Å². The van der Waals surface area contributed by atoms with Crippen LogP contribution in [0.5, 0.6) is 0 Å². The van der Waals surface area contributed by atoms with Gasteiger partial charge in [-0.05, 0) is 98.4 Å². The van der Waals surface area contributed by atoms with Gasteiger partial charge in [-0.3, -0.25) is 33.8 Å². The van der Waals surface area contributed by atoms with Crippen molar-refractivity contribution in [2.45, 2.75) is 109 Å². The van der Waals surface area contributed by atoms with Gasteiger partial charge in [0.25, 0.3) is 12.3 Å². The Hall–Kier alpha value is -6.25. The number of carbonyl (C=O) groups excluding carboxylic acids is 3. The first-order valence-electron chi connectivity index (χ1n) is 21.3. The van der Waals surface area contributed by atoms with Crippen LogP contribution in [0, 0.1) is 5.92 Å². The highest BCUT2D eigenvalue weighted by Crippen LogP contribution is 2.34. The highest BCUT2D eigenvalue weighted by molar-refractivity contribution is 6.03. The number of amides is 3. The van der Waals surface area contributed by atoms with Gasteiger partial charge in [0.2, 0.25) is 17.7 Å². The summed E-state index contributed by atoms with van der Waals surface area (Å²) in [6, 6.07) is 16.6. The minimum atomic E-state index is -2.91. The standard InChI is InChI=1S/C46H50F2N8O5/c1-54-39-25-31(16-20-37(39)56(46(54)60)38-21-22-40(57)52-44(38)59)10-8-6-4-2-3-5-7-9-29-14-18-34(19-15-29)55-27-35(41(53-55)42(47)48)50-43(58)36-28-61-45(51-36)32-23-24-49-33(26-32)17-13-30-11-12-30/h14-16,18-20,23-28,30,38,42H,2-13,17,21-22H2,1H3,(H,50,58)(H,52,57,59). The zero-order valence-electron chi connectivity index (χ0n) is 34.2. The Morgan fingerprint density at radius 1 is 0.885 bits per heavy atom. The van der Waals surface area contributed by atoms with Gasteiger partial charge in [0.05, 0.1) is 28.6 Å². The molecule has 5 heterocycles. The number of hydrogen-bond donors (Lipinski definition) is 2. The van der Waals surface area contributed by atoms with Crippen LogP contribution in [0.4, 0.5) is 14.5 Å². The Balaban J connectivity index is 0.760. The van der Waals surface area contributed by atoms with Crippen molar-refractivity contribution in [3.63, 3.8) is 0 Å². The molecule has 2 fully saturated rings. The molecule has 4 aromatic heterocycles. The number of nitrogens with one attached hydrogen (secondary N) is 2. The van der Waals surface area contributed by atoms with Crippen LogP contribution in [0.25, 0.3) is 28.2 Å². The number of alkyl halides is 2. The molecule has 15 heteroatoms. The minimum Gasteiger partial charge on any atom is -0.444 e. The molecule has 0 bridgehead atoms. The number of unbranched alkanes of at least 4 members (excludes halogenated alkanes) is 6. The van der Waals surface area contributed by atoms with Crippen LogP contribution >= 0.6 is 0 Å². The predicted molar refractivity (Wildman–Crippen MR) is 226 cm³/mol. The largest absolute Gasteiger partial charge is 0.444 e. The lowest BCUT2D eigenvalue weighted by Crippen LogP contribution is -2.44. The molecule has 1 unspecified atom stereocenters. The summed E-state index contributed by atoms with van der Waals surface area (Å²) >= 11 is 0. The number of carbonyl (C=O) groups is 3. The number of rotatable bonds is 19. The summed E-state index contributed by atoms with van der Waals surface area (Å²) in [6.07, 6.45) is 15.9. The number of pyridine rings is 1. The number of piperidine rings is 1. The second-order valence-electron chi connectivity index (χ2n) is 16.3. The molecule has 318 valence electrons. The number of hydrogen-bond acceptors (Lipinski definition) is 8. The molecular weight excluding hydrogens is 783 g/mol. The number of benzene rings is 2. The zero-order chi connectivity index (χ0) is 42.5. The summed E-state index contributed by atoms with van der Waals surface area (Å²) in [5.74, 6) is -0.387. The van der Waals surface area contributed by atoms with E-state index in [-0.39, 0.29) is 35.3 Å². The third-order valence-electron chi connectivity index (χ3n) is 11.8. The lowest BCUT2D eigenvalue weighted by Gasteiger charge is -2.21. The summed E-state index contributed by atoms with van der Waals surface area (Å²) in [6.45, 7) is 0. The van der Waals surface area contributed by atoms with Crippen LogP contribution in [-0.2, 0) is 35.9 Å². The van der Waals surface area contributed by atoms with Crippen molar-refractivity contribution in [1.29, 1.82) is 0 Å². The molecule has 1 saturated heterocycles. The molecule has 2 aromatic carbocycles. The van der Waals surface area contributed by atoms with Gasteiger partial charge in [0.1, 0.15) is 12.3 Å². The third kappa shape index (κ3) is 9.87. The molecular formula is C46H50F2N8O5. The van der Waals surface area contributed by atoms with Gasteiger partial charge in [-0.15, -0.1) is 0 Å². The SMILES string of the molecule is Cn1c(=O)n(C2CCC(=O)NC2=O)c2ccc(CCCCCCCCCc3ccc(-n4cc(NC(=O)c5coc(-c6ccnc(CCC7CC7)c6)n5)c(C(F)F)n4)cc3)cc21. The monoisotopic (exact) mass is 832 g/mol. The van der Waals surface area contributed by atoms with E-state index in [1.54, 1.807) is 23.9 Å². The first kappa shape index (κ1) is 41.5. The zero-order valence-corrected chi connectivity index (χ0v) is 34.2. The van der Waals surface area contributed by atoms with Gasteiger partial charge in [-0.2, -0.15) is 5.10 Å². The lowest BCUT2D eigenvalue weighted by atomic mass is 10.0. The van der Waals surface area contributed by atoms with Gasteiger partial charge in [0.15, 0.2) is 11.4 Å². The number of fused-ring (bicyclic) bond motifs is 1. The summed E-state index contributed by atoms with van der Waals surface area (Å²) in [5, 5.41) is 8.99. The highest BCUT2D eigenvalue weighted by Gasteiger charge is 2.31. The van der Waals surface area contributed by atoms with Crippen LogP contribution in [0.15, 0.2) is 82.5 Å². The number of imide groups is 1. The van der Waals surface area contributed by atoms with Gasteiger partial charge in [0, 0.05) is 30.9 Å². The van der Waals surface area contributed by atoms with E-state index >= 15 is 0 Å². The van der Waals surface area contributed by atoms with Crippen LogP contribution in [-0.4, -0.2) is 46.6 Å². The fourth-order valence-electron chi connectivity index (χ4n) is 8.13. The summed E-state index contributed by atoms with van der Waals surface area (Å²) in [4.78, 5) is 59.0. The van der Waals surface area contributed by atoms with E-state index in [0.717, 1.165) is 98.9 Å². The maximum atomic E-state index is 14.1. The van der Waals surface area contributed by atoms with Crippen molar-refractivity contribution in [2.24, 2.45) is 13.0 Å². The number of oxazole rings is 1. The Labute approximate surface area is 351 Å². The lowest BCUT2D eigenvalue weighted by molar-refractivity contribution is -0.135. The number of imidazole rings is 1. The fourth-order valence-corrected chi connectivity index (χ4v) is 8.13. The summed E-state index contributed by atoms with van der Waals surface area (Å²) in [5.41, 5.74) is 5.06. The predicted octanol–water partition coefficient (Wildman–Crippen LogP) is 8.60. The van der Waals surface area contributed by atoms with Crippen LogP contribution in [0.3, 0.4) is 0 Å². The number of aryl methyl sites for hydroxylation is 4. The molecule has 2 aliphatic rings. The Kier molecular flexibility index (Phi) is 12.6. The van der Waals surface area contributed by atoms with E-state index < -0.39 is 30.0 Å². The number of aromatic nitrogens is 6. The third-order valence-corrected chi connectivity index (χ3v) is 11.8. The van der Waals surface area contributed by atoms with E-state index in [9.17, 15) is 28.0 Å². The summed E-state index contributed by atoms with van der Waals surface area (Å²) < 4.78 is 38.1. The van der Waals surface area contributed by atoms with Crippen LogP contribution in [0.1, 0.15) is 123 Å². The maximum Gasteiger partial charge on any atom is 0.329 e. The Morgan fingerprint density at radius 2 is 1.61 bits per heavy atom. The van der Waals surface area contributed by atoms with E-state index in [1.807, 2.05) is 48.5 Å². The second kappa shape index (κ2) is 18.6. The van der Waals surface area contributed by atoms with Gasteiger partial charge in [-0.25, -0.2) is 23.2 Å². The average molecular weight is 833 g/mol. The van der Waals surface area contributed by atoms with Crippen molar-refractivity contribution in [1.82, 2.24) is 34.2 Å². The number of halogens is 2. The van der Waals surface area contributed by atoms with E-state index in [2.05, 4.69) is 25.7 Å². The van der Waals surface area contributed by atoms with E-state index in [1.165, 1.54) is 34.6 Å². The quantitative estimate of drug-likeness (QED) is 0.0607. The number of anilines is 1. The van der Waals surface area contributed by atoms with Gasteiger partial charge < -0.3 is 9.73 Å². The fraction of sp³-hybridized carbons (Fsp3) is 0.413. The molecule has 1 aliphatic heterocycles. The molecule has 2 N–H and O–H groups in total. The highest BCUT2D eigenvalue weighted by atomic mass is 19.3. The van der Waals surface area contributed by atoms with Crippen LogP contribution in [0.2, 0.25) is 0 Å². The average Bonchev–Trinajstić information content (AvgIpc) is 3.67. The molecule has 61 heavy (non-hydrogen) atoms. The van der Waals surface area contributed by atoms with E-state index in [4.69, 9.17) is 4.42 Å². The Bertz CT molecular complexity index is 2590. The van der Waals surface area contributed by atoms with Crippen molar-refractivity contribution in [3.8, 4) is 17.1 Å². The Morgan fingerprint density at radius 3 is 2.33 bits per heavy atom. The smallest absolute Gasteiger partial charge is 0.329 e. The molecule has 3 amide bonds. The molecule has 0 radical (unpaired) electrons. The first-order valence-corrected chi connectivity index (χ1v) is 21.3. The van der Waals surface area contributed by atoms with Crippen molar-refractivity contribution in [2.75, 3.05) is 5.32 Å². The molecule has 13 nitrogen and oxygen atoms in total. The van der Waals surface area contributed by atoms with Gasteiger partial charge >= 0.3 is 5.69 Å². The van der Waals surface area contributed by atoms with E-state index in [0.29, 0.717) is 23.2 Å². The number of nitrogens with zero attached hydrogens (tertiary/aromatic N) is 6. The second-order valence-corrected chi connectivity index (χ2v) is 16.3. The molecule has 1 aliphatic carbocycles. The maximum absolute atomic E-state index is 14.1. The topological polar surface area (TPSA) is 159 Å². The molecule has 1 atom stereocenters.